The molecule has 1 N–H and O–H groups in total. The van der Waals surface area contributed by atoms with Crippen molar-refractivity contribution in [2.24, 2.45) is 11.8 Å². The van der Waals surface area contributed by atoms with Crippen LogP contribution in [-0.4, -0.2) is 51.8 Å². The van der Waals surface area contributed by atoms with E-state index in [2.05, 4.69) is 102 Å². The largest absolute Gasteiger partial charge is 0.0683 e. The number of amides is 1. The van der Waals surface area contributed by atoms with Crippen molar-refractivity contribution < 1.29 is 9.90 Å². The van der Waals surface area contributed by atoms with Crippen LogP contribution in [0.1, 0.15) is 92.7 Å². The second-order valence-electron chi connectivity index (χ2n) is 12.2. The van der Waals surface area contributed by atoms with Gasteiger partial charge in [0.2, 0.25) is 0 Å². The van der Waals surface area contributed by atoms with Gasteiger partial charge in [-0.05, 0) is 0 Å². The number of fused-ring (bicyclic) bond motifs is 1. The molecule has 2 aromatic heterocycles. The Morgan fingerprint density at radius 2 is 1.90 bits per heavy atom. The summed E-state index contributed by atoms with van der Waals surface area (Å²) >= 11 is 8.74. The fraction of sp³-hybridized carbons (Fsp3) is 0.500. The summed E-state index contributed by atoms with van der Waals surface area (Å²) in [5.74, 6) is 1.88. The molecule has 1 amide bonds. The Labute approximate surface area is 304 Å². The van der Waals surface area contributed by atoms with Crippen LogP contribution >= 0.6 is 31.9 Å². The van der Waals surface area contributed by atoms with Gasteiger partial charge in [-0.2, -0.15) is 0 Å². The number of carbonyl (C=O) groups is 1. The van der Waals surface area contributed by atoms with Gasteiger partial charge in [0.05, 0.1) is 0 Å². The number of aromatic nitrogens is 1. The summed E-state index contributed by atoms with van der Waals surface area (Å²) in [5, 5.41) is 14.5. The minimum Gasteiger partial charge on any atom is -0.0683 e. The summed E-state index contributed by atoms with van der Waals surface area (Å²) in [7, 11) is 0.698. The first-order valence-electron chi connectivity index (χ1n) is 17.4. The molecule has 1 aliphatic rings. The SMILES string of the molecule is C#C.C/C=C(\C=C(/CO)Cc1c(CN(CCC(C)C)C(=O)/C(CC)=C(Cl)/C=C(\CC)PC(C)C)bc2ccccn12)C1C=CSC1.CC. The molecular formula is C40H59BClN2O2PS. The number of aliphatic hydroxyl groups is 1. The van der Waals surface area contributed by atoms with E-state index < -0.39 is 0 Å². The van der Waals surface area contributed by atoms with E-state index >= 15 is 0 Å². The molecule has 8 heteroatoms. The molecule has 2 unspecified atom stereocenters. The molecule has 0 spiro atoms. The number of nitrogens with zero attached hydrogens (tertiary/aromatic N) is 2. The number of halogens is 1. The maximum absolute atomic E-state index is 14.2. The molecule has 0 radical (unpaired) electrons. The van der Waals surface area contributed by atoms with Crippen molar-refractivity contribution in [2.75, 3.05) is 18.9 Å². The number of pyridine rings is 1. The van der Waals surface area contributed by atoms with Crippen LogP contribution in [0.2, 0.25) is 0 Å². The van der Waals surface area contributed by atoms with E-state index in [-0.39, 0.29) is 12.5 Å². The van der Waals surface area contributed by atoms with E-state index in [1.54, 1.807) is 0 Å². The number of hydrogen-bond acceptors (Lipinski definition) is 3. The normalized spacial score (nSPS) is 15.8. The van der Waals surface area contributed by atoms with E-state index in [9.17, 15) is 9.90 Å². The molecule has 0 fully saturated rings. The number of rotatable bonds is 16. The van der Waals surface area contributed by atoms with Crippen LogP contribution in [0.4, 0.5) is 0 Å². The van der Waals surface area contributed by atoms with Crippen LogP contribution in [0.15, 0.2) is 81.2 Å². The number of allylic oxidation sites excluding steroid dienone is 7. The van der Waals surface area contributed by atoms with Gasteiger partial charge in [0.1, 0.15) is 0 Å². The zero-order valence-electron chi connectivity index (χ0n) is 30.9. The smallest absolute Gasteiger partial charge is 0.0683 e. The number of thioether (sulfide) groups is 1. The Bertz CT molecular complexity index is 1470. The number of hydrogen-bond donors (Lipinski definition) is 1. The predicted octanol–water partition coefficient (Wildman–Crippen LogP) is 10.5. The average Bonchev–Trinajstić information content (AvgIpc) is 3.74. The van der Waals surface area contributed by atoms with Gasteiger partial charge < -0.3 is 0 Å². The summed E-state index contributed by atoms with van der Waals surface area (Å²) in [5.41, 5.74) is 6.73. The first-order chi connectivity index (χ1) is 23.1. The van der Waals surface area contributed by atoms with Crippen molar-refractivity contribution in [1.82, 2.24) is 9.30 Å². The summed E-state index contributed by atoms with van der Waals surface area (Å²) in [6.07, 6.45) is 21.7. The average molecular weight is 709 g/mol. The number of aliphatic hydroxyl groups excluding tert-OH is 1. The summed E-state index contributed by atoms with van der Waals surface area (Å²) < 4.78 is 2.21. The zero-order chi connectivity index (χ0) is 36.2. The second kappa shape index (κ2) is 24.0. The van der Waals surface area contributed by atoms with Crippen molar-refractivity contribution >= 4 is 50.2 Å². The Kier molecular flexibility index (Phi) is 21.8. The van der Waals surface area contributed by atoms with Crippen LogP contribution in [0.25, 0.3) is 5.41 Å². The van der Waals surface area contributed by atoms with Gasteiger partial charge in [0.15, 0.2) is 0 Å². The third-order valence-corrected chi connectivity index (χ3v) is 10.7. The van der Waals surface area contributed by atoms with Gasteiger partial charge in [0.25, 0.3) is 0 Å². The van der Waals surface area contributed by atoms with Crippen molar-refractivity contribution in [2.45, 2.75) is 100 Å². The Balaban J connectivity index is 0.00000277. The molecule has 48 heavy (non-hydrogen) atoms. The topological polar surface area (TPSA) is 45.0 Å². The molecule has 1 aliphatic heterocycles. The summed E-state index contributed by atoms with van der Waals surface area (Å²) in [6, 6.07) is 6.19. The Morgan fingerprint density at radius 1 is 1.19 bits per heavy atom. The summed E-state index contributed by atoms with van der Waals surface area (Å²) in [4.78, 5) is 16.2. The monoisotopic (exact) mass is 708 g/mol. The van der Waals surface area contributed by atoms with Gasteiger partial charge in [-0.1, -0.05) is 13.8 Å². The fourth-order valence-electron chi connectivity index (χ4n) is 5.49. The van der Waals surface area contributed by atoms with E-state index in [4.69, 9.17) is 11.6 Å². The van der Waals surface area contributed by atoms with Crippen molar-refractivity contribution in [1.29, 1.82) is 0 Å². The molecule has 262 valence electrons. The van der Waals surface area contributed by atoms with Crippen LogP contribution in [-0.2, 0) is 17.8 Å². The van der Waals surface area contributed by atoms with Crippen molar-refractivity contribution in [3.05, 3.63) is 92.3 Å². The van der Waals surface area contributed by atoms with Gasteiger partial charge in [-0.15, -0.1) is 12.8 Å². The minimum absolute atomic E-state index is 0.0126. The minimum atomic E-state index is -0.0160. The molecule has 3 heterocycles. The molecule has 2 atom stereocenters. The van der Waals surface area contributed by atoms with E-state index in [1.807, 2.05) is 55.6 Å². The molecular weight excluding hydrogens is 650 g/mol. The number of terminal acetylenes is 1. The van der Waals surface area contributed by atoms with Crippen LogP contribution < -0.4 is 0 Å². The Hall–Kier alpha value is -2.29. The first kappa shape index (κ1) is 43.7. The van der Waals surface area contributed by atoms with E-state index in [0.29, 0.717) is 62.6 Å². The Morgan fingerprint density at radius 3 is 2.44 bits per heavy atom. The maximum atomic E-state index is 14.2. The third kappa shape index (κ3) is 13.6. The zero-order valence-corrected chi connectivity index (χ0v) is 33.4. The molecule has 0 saturated heterocycles. The molecule has 3 rings (SSSR count). The molecule has 0 aliphatic carbocycles. The number of carbonyl (C=O) groups excluding carboxylic acids is 1. The standard InChI is InChI=1S/C36H51BClN2O2PS.C2H6.C2H2/c1-8-28(29-15-18-44-24-29)19-27(23-41)20-34-32(37-35-13-11-12-16-40(34)35)22-39(17-14-25(4)5)36(42)31(10-3)33(38)21-30(9-2)43-26(6)7;2*1-2/h8,11-13,15-16,18-19,21,25-26,29,41,43H,9-10,14,17,20,22-24H2,1-7H3;1-2H3;1-2H/b27-19-,28-8+,30-21+,33-31-;;. The van der Waals surface area contributed by atoms with E-state index in [1.165, 1.54) is 10.9 Å². The van der Waals surface area contributed by atoms with E-state index in [0.717, 1.165) is 40.7 Å². The van der Waals surface area contributed by atoms with Gasteiger partial charge in [0, 0.05) is 0 Å². The van der Waals surface area contributed by atoms with Crippen LogP contribution in [0.5, 0.6) is 0 Å². The summed E-state index contributed by atoms with van der Waals surface area (Å²) in [6.45, 7) is 22.4. The maximum Gasteiger partial charge on any atom is -0.0683 e. The molecule has 0 saturated carbocycles. The van der Waals surface area contributed by atoms with Gasteiger partial charge >= 0.3 is 279 Å². The van der Waals surface area contributed by atoms with Gasteiger partial charge in [-0.25, -0.2) is 0 Å². The third-order valence-electron chi connectivity index (χ3n) is 7.97. The second-order valence-corrected chi connectivity index (χ2v) is 15.6. The van der Waals surface area contributed by atoms with Crippen molar-refractivity contribution in [3.8, 4) is 12.8 Å². The molecule has 4 nitrogen and oxygen atoms in total. The fourth-order valence-corrected chi connectivity index (χ4v) is 8.03. The molecule has 2 aromatic rings. The molecule has 0 aromatic carbocycles. The first-order valence-corrected chi connectivity index (χ1v) is 19.9. The van der Waals surface area contributed by atoms with Gasteiger partial charge in [-0.3, -0.25) is 0 Å². The predicted molar refractivity (Wildman–Crippen MR) is 218 cm³/mol. The quantitative estimate of drug-likeness (QED) is 0.0817. The van der Waals surface area contributed by atoms with Crippen LogP contribution in [0.3, 0.4) is 0 Å². The van der Waals surface area contributed by atoms with Crippen molar-refractivity contribution in [3.63, 3.8) is 0 Å². The molecule has 0 bridgehead atoms. The van der Waals surface area contributed by atoms with Crippen LogP contribution in [0, 0.1) is 24.7 Å².